The Kier molecular flexibility index (Phi) is 4.98. The molecule has 0 aliphatic carbocycles. The van der Waals surface area contributed by atoms with Gasteiger partial charge in [-0.05, 0) is 13.0 Å². The number of nitrogens with one attached hydrogen (secondary N) is 1. The number of nitrogens with two attached hydrogens (primary N) is 1. The molecule has 0 saturated carbocycles. The van der Waals surface area contributed by atoms with Crippen LogP contribution < -0.4 is 11.1 Å². The minimum atomic E-state index is -0.237. The molecule has 0 heterocycles. The van der Waals surface area contributed by atoms with Crippen molar-refractivity contribution in [3.8, 4) is 5.75 Å². The van der Waals surface area contributed by atoms with Gasteiger partial charge in [0, 0.05) is 18.0 Å². The van der Waals surface area contributed by atoms with Crippen LogP contribution in [0.2, 0.25) is 0 Å². The number of amidine groups is 1. The first kappa shape index (κ1) is 13.8. The Morgan fingerprint density at radius 1 is 1.50 bits per heavy atom. The monoisotopic (exact) mass is 251 g/mol. The number of benzene rings is 1. The number of carbonyl (C=O) groups is 1. The second-order valence-electron chi connectivity index (χ2n) is 4.07. The van der Waals surface area contributed by atoms with Gasteiger partial charge >= 0.3 is 0 Å². The number of para-hydroxylation sites is 1. The van der Waals surface area contributed by atoms with Crippen molar-refractivity contribution in [2.75, 3.05) is 0 Å². The fourth-order valence-electron chi connectivity index (χ4n) is 1.56. The van der Waals surface area contributed by atoms with Gasteiger partial charge < -0.3 is 21.4 Å². The van der Waals surface area contributed by atoms with Crippen molar-refractivity contribution in [1.82, 2.24) is 5.32 Å². The minimum absolute atomic E-state index is 0.0605. The SMILES string of the molecule is CC(C/C(N)=N/O)NC(=O)Cc1ccccc1O. The van der Waals surface area contributed by atoms with Gasteiger partial charge in [0.25, 0.3) is 0 Å². The molecule has 5 N–H and O–H groups in total. The number of nitrogens with zero attached hydrogens (tertiary/aromatic N) is 1. The number of carbonyl (C=O) groups excluding carboxylic acids is 1. The van der Waals surface area contributed by atoms with Crippen molar-refractivity contribution in [2.45, 2.75) is 25.8 Å². The van der Waals surface area contributed by atoms with Gasteiger partial charge in [0.1, 0.15) is 11.6 Å². The average Bonchev–Trinajstić information content (AvgIpc) is 2.31. The van der Waals surface area contributed by atoms with Gasteiger partial charge in [0.15, 0.2) is 0 Å². The summed E-state index contributed by atoms with van der Waals surface area (Å²) in [5, 5.41) is 23.5. The Morgan fingerprint density at radius 2 is 2.17 bits per heavy atom. The van der Waals surface area contributed by atoms with E-state index in [1.54, 1.807) is 25.1 Å². The number of oxime groups is 1. The molecule has 0 radical (unpaired) electrons. The van der Waals surface area contributed by atoms with Crippen LogP contribution in [0.15, 0.2) is 29.4 Å². The molecule has 0 aliphatic rings. The van der Waals surface area contributed by atoms with Crippen LogP contribution in [0.25, 0.3) is 0 Å². The minimum Gasteiger partial charge on any atom is -0.508 e. The zero-order valence-corrected chi connectivity index (χ0v) is 10.1. The van der Waals surface area contributed by atoms with Crippen molar-refractivity contribution in [2.24, 2.45) is 10.9 Å². The fraction of sp³-hybridized carbons (Fsp3) is 0.333. The van der Waals surface area contributed by atoms with E-state index in [1.165, 1.54) is 6.07 Å². The molecule has 0 saturated heterocycles. The second kappa shape index (κ2) is 6.48. The number of phenols is 1. The summed E-state index contributed by atoms with van der Waals surface area (Å²) in [5.74, 6) is -0.0724. The highest BCUT2D eigenvalue weighted by atomic mass is 16.4. The van der Waals surface area contributed by atoms with Crippen LogP contribution in [0.5, 0.6) is 5.75 Å². The first-order valence-corrected chi connectivity index (χ1v) is 5.55. The third-order valence-electron chi connectivity index (χ3n) is 2.39. The summed E-state index contributed by atoms with van der Waals surface area (Å²) in [5.41, 5.74) is 5.90. The van der Waals surface area contributed by atoms with Crippen LogP contribution in [0.3, 0.4) is 0 Å². The summed E-state index contributed by atoms with van der Waals surface area (Å²) in [6.07, 6.45) is 0.357. The lowest BCUT2D eigenvalue weighted by molar-refractivity contribution is -0.121. The summed E-state index contributed by atoms with van der Waals surface area (Å²) in [7, 11) is 0. The van der Waals surface area contributed by atoms with Gasteiger partial charge in [0.2, 0.25) is 5.91 Å². The Labute approximate surface area is 105 Å². The van der Waals surface area contributed by atoms with E-state index >= 15 is 0 Å². The molecule has 18 heavy (non-hydrogen) atoms. The molecule has 0 aromatic heterocycles. The quantitative estimate of drug-likeness (QED) is 0.265. The van der Waals surface area contributed by atoms with Gasteiger partial charge in [-0.1, -0.05) is 23.4 Å². The van der Waals surface area contributed by atoms with Gasteiger partial charge in [0.05, 0.1) is 6.42 Å². The van der Waals surface area contributed by atoms with Crippen LogP contribution in [0.4, 0.5) is 0 Å². The van der Waals surface area contributed by atoms with Crippen LogP contribution in [0.1, 0.15) is 18.9 Å². The molecule has 0 bridgehead atoms. The maximum atomic E-state index is 11.7. The van der Waals surface area contributed by atoms with Crippen molar-refractivity contribution in [1.29, 1.82) is 0 Å². The number of hydrogen-bond acceptors (Lipinski definition) is 4. The number of hydrogen-bond donors (Lipinski definition) is 4. The topological polar surface area (TPSA) is 108 Å². The molecule has 1 rings (SSSR count). The molecule has 1 amide bonds. The third-order valence-corrected chi connectivity index (χ3v) is 2.39. The van der Waals surface area contributed by atoms with Crippen LogP contribution in [0, 0.1) is 0 Å². The Balaban J connectivity index is 2.50. The number of phenolic OH excluding ortho intramolecular Hbond substituents is 1. The predicted octanol–water partition coefficient (Wildman–Crippen LogP) is 0.576. The molecule has 1 aromatic carbocycles. The summed E-state index contributed by atoms with van der Waals surface area (Å²) < 4.78 is 0. The number of aromatic hydroxyl groups is 1. The molecule has 6 nitrogen and oxygen atoms in total. The normalized spacial score (nSPS) is 13.1. The highest BCUT2D eigenvalue weighted by Crippen LogP contribution is 2.15. The number of amides is 1. The van der Waals surface area contributed by atoms with E-state index in [-0.39, 0.29) is 36.4 Å². The highest BCUT2D eigenvalue weighted by Gasteiger charge is 2.11. The lowest BCUT2D eigenvalue weighted by Gasteiger charge is -2.13. The summed E-state index contributed by atoms with van der Waals surface area (Å²) in [6.45, 7) is 1.75. The highest BCUT2D eigenvalue weighted by molar-refractivity contribution is 5.82. The third kappa shape index (κ3) is 4.32. The average molecular weight is 251 g/mol. The van der Waals surface area contributed by atoms with E-state index in [1.807, 2.05) is 0 Å². The summed E-state index contributed by atoms with van der Waals surface area (Å²) in [4.78, 5) is 11.7. The maximum Gasteiger partial charge on any atom is 0.224 e. The maximum absolute atomic E-state index is 11.7. The Bertz CT molecular complexity index is 446. The van der Waals surface area contributed by atoms with Gasteiger partial charge in [-0.25, -0.2) is 0 Å². The van der Waals surface area contributed by atoms with E-state index in [0.29, 0.717) is 5.56 Å². The lowest BCUT2D eigenvalue weighted by Crippen LogP contribution is -2.36. The molecule has 0 fully saturated rings. The molecule has 1 aromatic rings. The summed E-state index contributed by atoms with van der Waals surface area (Å²) >= 11 is 0. The van der Waals surface area contributed by atoms with E-state index < -0.39 is 0 Å². The largest absolute Gasteiger partial charge is 0.508 e. The van der Waals surface area contributed by atoms with Gasteiger partial charge in [-0.15, -0.1) is 0 Å². The Hall–Kier alpha value is -2.24. The molecule has 98 valence electrons. The van der Waals surface area contributed by atoms with Gasteiger partial charge in [-0.3, -0.25) is 4.79 Å². The van der Waals surface area contributed by atoms with E-state index in [2.05, 4.69) is 10.5 Å². The van der Waals surface area contributed by atoms with E-state index in [0.717, 1.165) is 0 Å². The molecule has 1 unspecified atom stereocenters. The lowest BCUT2D eigenvalue weighted by atomic mass is 10.1. The zero-order chi connectivity index (χ0) is 13.5. The molecular formula is C12H17N3O3. The molecule has 0 spiro atoms. The standard InChI is InChI=1S/C12H17N3O3/c1-8(6-11(13)15-18)14-12(17)7-9-4-2-3-5-10(9)16/h2-5,8,16,18H,6-7H2,1H3,(H2,13,15)(H,14,17). The summed E-state index contributed by atoms with van der Waals surface area (Å²) in [6, 6.07) is 6.42. The van der Waals surface area contributed by atoms with Crippen LogP contribution in [-0.2, 0) is 11.2 Å². The Morgan fingerprint density at radius 3 is 2.78 bits per heavy atom. The molecular weight excluding hydrogens is 234 g/mol. The van der Waals surface area contributed by atoms with Crippen molar-refractivity contribution < 1.29 is 15.1 Å². The van der Waals surface area contributed by atoms with Crippen LogP contribution in [-0.4, -0.2) is 28.1 Å². The van der Waals surface area contributed by atoms with E-state index in [9.17, 15) is 9.90 Å². The van der Waals surface area contributed by atoms with Crippen molar-refractivity contribution >= 4 is 11.7 Å². The molecule has 6 heteroatoms. The second-order valence-corrected chi connectivity index (χ2v) is 4.07. The van der Waals surface area contributed by atoms with Crippen LogP contribution >= 0.6 is 0 Å². The first-order valence-electron chi connectivity index (χ1n) is 5.55. The van der Waals surface area contributed by atoms with Crippen molar-refractivity contribution in [3.63, 3.8) is 0 Å². The predicted molar refractivity (Wildman–Crippen MR) is 67.4 cm³/mol. The van der Waals surface area contributed by atoms with Gasteiger partial charge in [-0.2, -0.15) is 0 Å². The first-order chi connectivity index (χ1) is 8.52. The van der Waals surface area contributed by atoms with E-state index in [4.69, 9.17) is 10.9 Å². The fourth-order valence-corrected chi connectivity index (χ4v) is 1.56. The number of rotatable bonds is 5. The zero-order valence-electron chi connectivity index (χ0n) is 10.1. The smallest absolute Gasteiger partial charge is 0.224 e. The van der Waals surface area contributed by atoms with Crippen molar-refractivity contribution in [3.05, 3.63) is 29.8 Å². The molecule has 1 atom stereocenters. The molecule has 0 aliphatic heterocycles.